The van der Waals surface area contributed by atoms with Crippen molar-refractivity contribution in [1.82, 2.24) is 10.6 Å². The van der Waals surface area contributed by atoms with Gasteiger partial charge in [0, 0.05) is 11.5 Å². The zero-order valence-electron chi connectivity index (χ0n) is 29.5. The van der Waals surface area contributed by atoms with E-state index in [9.17, 15) is 0 Å². The first-order chi connectivity index (χ1) is 25.8. The van der Waals surface area contributed by atoms with Crippen LogP contribution in [-0.2, 0) is 12.8 Å². The zero-order valence-corrected chi connectivity index (χ0v) is 29.5. The summed E-state index contributed by atoms with van der Waals surface area (Å²) in [5, 5.41) is 13.1. The van der Waals surface area contributed by atoms with E-state index < -0.39 is 0 Å². The van der Waals surface area contributed by atoms with E-state index in [4.69, 9.17) is 4.99 Å². The third-order valence-electron chi connectivity index (χ3n) is 11.8. The second-order valence-corrected chi connectivity index (χ2v) is 14.8. The van der Waals surface area contributed by atoms with Crippen molar-refractivity contribution < 1.29 is 0 Å². The highest BCUT2D eigenvalue weighted by Crippen LogP contribution is 2.43. The molecule has 0 saturated carbocycles. The molecular weight excluding hydrogens is 631 g/mol. The van der Waals surface area contributed by atoms with Crippen LogP contribution < -0.4 is 21.1 Å². The molecule has 1 heterocycles. The molecule has 1 aliphatic heterocycles. The molecule has 0 aromatic heterocycles. The molecule has 10 rings (SSSR count). The fraction of sp³-hybridized carbons (Fsp3) is 0.204. The predicted octanol–water partition coefficient (Wildman–Crippen LogP) is 9.19. The Kier molecular flexibility index (Phi) is 7.95. The fourth-order valence-electron chi connectivity index (χ4n) is 9.27. The number of hydrogen-bond acceptors (Lipinski definition) is 3. The molecule has 3 heteroatoms. The maximum absolute atomic E-state index is 5.26. The van der Waals surface area contributed by atoms with Crippen molar-refractivity contribution in [1.29, 1.82) is 0 Å². The van der Waals surface area contributed by atoms with Crippen molar-refractivity contribution in [2.24, 2.45) is 4.99 Å². The summed E-state index contributed by atoms with van der Waals surface area (Å²) in [4.78, 5) is 5.26. The van der Waals surface area contributed by atoms with Crippen molar-refractivity contribution in [2.45, 2.75) is 63.2 Å². The van der Waals surface area contributed by atoms with Crippen LogP contribution in [0, 0.1) is 0 Å². The number of allylic oxidation sites excluding steroid dienone is 5. The Balaban J connectivity index is 1.05. The number of nitrogens with one attached hydrogen (secondary N) is 2. The molecule has 5 aromatic rings. The number of benzene rings is 5. The highest BCUT2D eigenvalue weighted by atomic mass is 15.3. The lowest BCUT2D eigenvalue weighted by atomic mass is 9.75. The summed E-state index contributed by atoms with van der Waals surface area (Å²) in [7, 11) is 0. The van der Waals surface area contributed by atoms with Gasteiger partial charge in [-0.25, -0.2) is 4.99 Å². The Morgan fingerprint density at radius 2 is 1.40 bits per heavy atom. The Labute approximate surface area is 306 Å². The maximum Gasteiger partial charge on any atom is 0.131 e. The molecule has 0 saturated heterocycles. The summed E-state index contributed by atoms with van der Waals surface area (Å²) in [6.07, 6.45) is 24.2. The van der Waals surface area contributed by atoms with Crippen LogP contribution in [-0.4, -0.2) is 12.0 Å². The molecule has 3 nitrogen and oxygen atoms in total. The van der Waals surface area contributed by atoms with Crippen LogP contribution >= 0.6 is 0 Å². The van der Waals surface area contributed by atoms with Crippen LogP contribution in [0.25, 0.3) is 34.6 Å². The summed E-state index contributed by atoms with van der Waals surface area (Å²) >= 11 is 0. The number of aliphatic imine (C=N–C) groups is 1. The first-order valence-corrected chi connectivity index (χ1v) is 19.1. The Bertz CT molecular complexity index is 2500. The minimum atomic E-state index is -0.104. The molecule has 2 N–H and O–H groups in total. The quantitative estimate of drug-likeness (QED) is 0.195. The number of rotatable bonds is 5. The molecule has 5 aliphatic rings. The lowest BCUT2D eigenvalue weighted by molar-refractivity contribution is 0.425. The average molecular weight is 674 g/mol. The predicted molar refractivity (Wildman–Crippen MR) is 217 cm³/mol. The molecule has 0 radical (unpaired) electrons. The van der Waals surface area contributed by atoms with Gasteiger partial charge in [0.15, 0.2) is 0 Å². The molecule has 52 heavy (non-hydrogen) atoms. The van der Waals surface area contributed by atoms with Gasteiger partial charge in [-0.05, 0) is 122 Å². The number of hydrogen-bond donors (Lipinski definition) is 2. The molecule has 5 aromatic carbocycles. The summed E-state index contributed by atoms with van der Waals surface area (Å²) in [5.74, 6) is 1.24. The smallest absolute Gasteiger partial charge is 0.131 e. The number of nitrogens with zero attached hydrogens (tertiary/aromatic N) is 1. The molecule has 254 valence electrons. The van der Waals surface area contributed by atoms with Gasteiger partial charge in [-0.2, -0.15) is 0 Å². The van der Waals surface area contributed by atoms with Gasteiger partial charge < -0.3 is 5.32 Å². The van der Waals surface area contributed by atoms with Gasteiger partial charge in [-0.3, -0.25) is 5.32 Å². The van der Waals surface area contributed by atoms with Gasteiger partial charge in [0.05, 0.1) is 0 Å². The van der Waals surface area contributed by atoms with Crippen LogP contribution in [0.1, 0.15) is 83.1 Å². The fourth-order valence-corrected chi connectivity index (χ4v) is 9.27. The summed E-state index contributed by atoms with van der Waals surface area (Å²) in [5.41, 5.74) is 14.1. The van der Waals surface area contributed by atoms with Gasteiger partial charge in [0.1, 0.15) is 18.2 Å². The SMILES string of the molecule is C1=Cc2c(c3c(c4ccc(C5CC=c6ccccc6=C5C5=CC=C(C6N=C(c7ccccc7)NC(c7ccccc7)N6)CC5)cc24)CCC=C3)CC1. The molecule has 0 spiro atoms. The molecule has 3 atom stereocenters. The average Bonchev–Trinajstić information content (AvgIpc) is 3.24. The van der Waals surface area contributed by atoms with E-state index >= 15 is 0 Å². The molecule has 4 aliphatic carbocycles. The first-order valence-electron chi connectivity index (χ1n) is 19.1. The van der Waals surface area contributed by atoms with Crippen molar-refractivity contribution in [2.75, 3.05) is 0 Å². The van der Waals surface area contributed by atoms with E-state index in [1.807, 2.05) is 0 Å². The topological polar surface area (TPSA) is 36.4 Å². The van der Waals surface area contributed by atoms with Crippen LogP contribution in [0.2, 0.25) is 0 Å². The van der Waals surface area contributed by atoms with Gasteiger partial charge in [0.2, 0.25) is 0 Å². The molecule has 0 amide bonds. The largest absolute Gasteiger partial charge is 0.350 e. The third kappa shape index (κ3) is 5.52. The Morgan fingerprint density at radius 3 is 2.23 bits per heavy atom. The normalized spacial score (nSPS) is 21.9. The van der Waals surface area contributed by atoms with Gasteiger partial charge in [-0.1, -0.05) is 140 Å². The number of fused-ring (bicyclic) bond motifs is 7. The summed E-state index contributed by atoms with van der Waals surface area (Å²) in [6.45, 7) is 0. The molecular formula is C49H43N3. The number of amidine groups is 1. The minimum Gasteiger partial charge on any atom is -0.350 e. The zero-order chi connectivity index (χ0) is 34.4. The second kappa shape index (κ2) is 13.2. The van der Waals surface area contributed by atoms with Gasteiger partial charge in [-0.15, -0.1) is 0 Å². The molecule has 3 unspecified atom stereocenters. The maximum atomic E-state index is 5.26. The standard InChI is InChI=1S/C49H43N3/c1-3-14-34(15-4-1)47-50-48(35-16-5-2-6-17-35)52-49(51-47)36-25-23-33(24-26-36)46-38-18-8-7-13-32(38)27-29-39(46)37-28-30-44-42-21-10-9-19-40(42)41-20-11-12-22-43(41)45(44)31-37/h1-9,12-19,22-23,25,27-28,30-31,39,47,49,51H,10-11,20-21,24,26,29H2,(H,50,52). The van der Waals surface area contributed by atoms with Crippen molar-refractivity contribution >= 4 is 40.4 Å². The third-order valence-corrected chi connectivity index (χ3v) is 11.8. The van der Waals surface area contributed by atoms with Gasteiger partial charge >= 0.3 is 0 Å². The Hall–Kier alpha value is -5.51. The van der Waals surface area contributed by atoms with E-state index in [1.54, 1.807) is 11.1 Å². The van der Waals surface area contributed by atoms with E-state index in [1.165, 1.54) is 60.2 Å². The second-order valence-electron chi connectivity index (χ2n) is 14.8. The van der Waals surface area contributed by atoms with Crippen molar-refractivity contribution in [3.63, 3.8) is 0 Å². The van der Waals surface area contributed by atoms with Crippen LogP contribution in [0.3, 0.4) is 0 Å². The lowest BCUT2D eigenvalue weighted by Crippen LogP contribution is -2.49. The summed E-state index contributed by atoms with van der Waals surface area (Å²) in [6, 6.07) is 37.6. The molecule has 0 fully saturated rings. The van der Waals surface area contributed by atoms with Crippen LogP contribution in [0.5, 0.6) is 0 Å². The van der Waals surface area contributed by atoms with E-state index in [-0.39, 0.29) is 12.3 Å². The minimum absolute atomic E-state index is 0.0279. The lowest BCUT2D eigenvalue weighted by Gasteiger charge is -2.34. The van der Waals surface area contributed by atoms with Crippen LogP contribution in [0.4, 0.5) is 0 Å². The van der Waals surface area contributed by atoms with Crippen molar-refractivity contribution in [3.05, 3.63) is 188 Å². The van der Waals surface area contributed by atoms with E-state index in [0.29, 0.717) is 5.92 Å². The highest BCUT2D eigenvalue weighted by Gasteiger charge is 2.30. The summed E-state index contributed by atoms with van der Waals surface area (Å²) < 4.78 is 0. The van der Waals surface area contributed by atoms with Gasteiger partial charge in [0.25, 0.3) is 0 Å². The Morgan fingerprint density at radius 1 is 0.635 bits per heavy atom. The number of aryl methyl sites for hydroxylation is 1. The van der Waals surface area contributed by atoms with E-state index in [0.717, 1.165) is 56.3 Å². The molecule has 0 bridgehead atoms. The highest BCUT2D eigenvalue weighted by molar-refractivity contribution is 6.00. The first kappa shape index (κ1) is 31.2. The van der Waals surface area contributed by atoms with Crippen LogP contribution in [0.15, 0.2) is 144 Å². The monoisotopic (exact) mass is 673 g/mol. The van der Waals surface area contributed by atoms with E-state index in [2.05, 4.69) is 156 Å². The van der Waals surface area contributed by atoms with Crippen molar-refractivity contribution in [3.8, 4) is 0 Å².